The molecule has 1 rings (SSSR count). The van der Waals surface area contributed by atoms with Gasteiger partial charge in [0.1, 0.15) is 6.23 Å². The van der Waals surface area contributed by atoms with Crippen molar-refractivity contribution in [2.45, 2.75) is 19.1 Å². The summed E-state index contributed by atoms with van der Waals surface area (Å²) in [6.45, 7) is 0.657. The third-order valence-corrected chi connectivity index (χ3v) is 1.31. The summed E-state index contributed by atoms with van der Waals surface area (Å²) in [5.41, 5.74) is 0. The summed E-state index contributed by atoms with van der Waals surface area (Å²) in [7, 11) is 0. The average Bonchev–Trinajstić information content (AvgIpc) is 2.40. The molecule has 10 heavy (non-hydrogen) atoms. The fourth-order valence-electron chi connectivity index (χ4n) is 0.867. The largest absolute Gasteiger partial charge is 0.359 e. The van der Waals surface area contributed by atoms with Crippen molar-refractivity contribution in [1.29, 1.82) is 0 Å². The molecule has 1 N–H and O–H groups in total. The zero-order valence-corrected chi connectivity index (χ0v) is 5.42. The average molecular weight is 142 g/mol. The minimum Gasteiger partial charge on any atom is -0.359 e. The SMILES string of the molecule is O=[C]C(=O)NC1CCCO1. The molecule has 1 amide bonds. The number of carbonyl (C=O) groups is 1. The van der Waals surface area contributed by atoms with E-state index in [0.717, 1.165) is 12.8 Å². The van der Waals surface area contributed by atoms with Crippen LogP contribution in [0.25, 0.3) is 0 Å². The molecule has 1 heterocycles. The number of carbonyl (C=O) groups excluding carboxylic acids is 2. The van der Waals surface area contributed by atoms with E-state index in [0.29, 0.717) is 6.61 Å². The third kappa shape index (κ3) is 1.80. The number of rotatable bonds is 2. The van der Waals surface area contributed by atoms with Crippen molar-refractivity contribution in [3.05, 3.63) is 0 Å². The van der Waals surface area contributed by atoms with Crippen LogP contribution in [0.5, 0.6) is 0 Å². The number of ether oxygens (including phenoxy) is 1. The molecule has 55 valence electrons. The number of hydrogen-bond donors (Lipinski definition) is 1. The van der Waals surface area contributed by atoms with Crippen LogP contribution in [-0.2, 0) is 14.3 Å². The molecule has 1 saturated heterocycles. The molecule has 0 saturated carbocycles. The number of hydrogen-bond acceptors (Lipinski definition) is 3. The van der Waals surface area contributed by atoms with Gasteiger partial charge in [0.2, 0.25) is 0 Å². The highest BCUT2D eigenvalue weighted by Gasteiger charge is 2.16. The van der Waals surface area contributed by atoms with Crippen molar-refractivity contribution in [1.82, 2.24) is 5.32 Å². The van der Waals surface area contributed by atoms with Crippen molar-refractivity contribution in [2.75, 3.05) is 6.61 Å². The lowest BCUT2D eigenvalue weighted by atomic mass is 10.3. The second kappa shape index (κ2) is 3.31. The number of amides is 1. The van der Waals surface area contributed by atoms with E-state index in [1.165, 1.54) is 6.29 Å². The van der Waals surface area contributed by atoms with E-state index in [-0.39, 0.29) is 6.23 Å². The first-order chi connectivity index (χ1) is 4.83. The molecule has 0 aromatic carbocycles. The molecule has 0 aliphatic carbocycles. The summed E-state index contributed by atoms with van der Waals surface area (Å²) in [6.07, 6.45) is 2.66. The van der Waals surface area contributed by atoms with Crippen molar-refractivity contribution >= 4 is 12.2 Å². The maximum absolute atomic E-state index is 10.4. The van der Waals surface area contributed by atoms with E-state index < -0.39 is 5.91 Å². The molecule has 0 aromatic rings. The summed E-state index contributed by atoms with van der Waals surface area (Å²) in [4.78, 5) is 20.1. The van der Waals surface area contributed by atoms with Crippen LogP contribution in [0.2, 0.25) is 0 Å². The molecule has 0 spiro atoms. The van der Waals surface area contributed by atoms with E-state index in [1.54, 1.807) is 0 Å². The minimum absolute atomic E-state index is 0.269. The molecule has 1 unspecified atom stereocenters. The van der Waals surface area contributed by atoms with Gasteiger partial charge in [-0.05, 0) is 12.8 Å². The lowest BCUT2D eigenvalue weighted by molar-refractivity contribution is -0.118. The molecule has 1 aliphatic rings. The zero-order chi connectivity index (χ0) is 7.40. The Bertz CT molecular complexity index is 140. The first kappa shape index (κ1) is 7.21. The van der Waals surface area contributed by atoms with Gasteiger partial charge in [-0.1, -0.05) is 0 Å². The lowest BCUT2D eigenvalue weighted by Gasteiger charge is -2.07. The van der Waals surface area contributed by atoms with Crippen molar-refractivity contribution in [3.8, 4) is 0 Å². The molecular formula is C6H8NO3. The monoisotopic (exact) mass is 142 g/mol. The second-order valence-electron chi connectivity index (χ2n) is 2.08. The highest BCUT2D eigenvalue weighted by atomic mass is 16.5. The lowest BCUT2D eigenvalue weighted by Crippen LogP contribution is -2.34. The normalized spacial score (nSPS) is 24.2. The van der Waals surface area contributed by atoms with Crippen LogP contribution in [-0.4, -0.2) is 25.0 Å². The molecule has 0 aromatic heterocycles. The second-order valence-corrected chi connectivity index (χ2v) is 2.08. The Labute approximate surface area is 58.5 Å². The topological polar surface area (TPSA) is 55.4 Å². The summed E-state index contributed by atoms with van der Waals surface area (Å²) >= 11 is 0. The Morgan fingerprint density at radius 1 is 1.70 bits per heavy atom. The molecule has 0 bridgehead atoms. The number of nitrogens with one attached hydrogen (secondary N) is 1. The summed E-state index contributed by atoms with van der Waals surface area (Å²) in [6, 6.07) is 0. The van der Waals surface area contributed by atoms with E-state index in [9.17, 15) is 9.59 Å². The van der Waals surface area contributed by atoms with Crippen LogP contribution in [0.1, 0.15) is 12.8 Å². The third-order valence-electron chi connectivity index (χ3n) is 1.31. The van der Waals surface area contributed by atoms with E-state index in [1.807, 2.05) is 0 Å². The maximum Gasteiger partial charge on any atom is 0.298 e. The van der Waals surface area contributed by atoms with Crippen LogP contribution in [0.3, 0.4) is 0 Å². The Hall–Kier alpha value is -0.900. The summed E-state index contributed by atoms with van der Waals surface area (Å²) < 4.78 is 5.01. The smallest absolute Gasteiger partial charge is 0.298 e. The van der Waals surface area contributed by atoms with Gasteiger partial charge in [-0.3, -0.25) is 9.59 Å². The van der Waals surface area contributed by atoms with Gasteiger partial charge < -0.3 is 10.1 Å². The minimum atomic E-state index is -0.730. The van der Waals surface area contributed by atoms with Gasteiger partial charge in [0.15, 0.2) is 0 Å². The Kier molecular flexibility index (Phi) is 2.39. The van der Waals surface area contributed by atoms with Crippen molar-refractivity contribution in [2.24, 2.45) is 0 Å². The fraction of sp³-hybridized carbons (Fsp3) is 0.667. The van der Waals surface area contributed by atoms with Gasteiger partial charge in [0.05, 0.1) is 0 Å². The van der Waals surface area contributed by atoms with E-state index in [2.05, 4.69) is 5.32 Å². The predicted molar refractivity (Wildman–Crippen MR) is 32.8 cm³/mol. The molecule has 4 heteroatoms. The molecule has 1 radical (unpaired) electrons. The molecule has 1 atom stereocenters. The first-order valence-electron chi connectivity index (χ1n) is 3.13. The highest BCUT2D eigenvalue weighted by Crippen LogP contribution is 2.07. The Morgan fingerprint density at radius 2 is 2.50 bits per heavy atom. The van der Waals surface area contributed by atoms with Gasteiger partial charge in [-0.25, -0.2) is 0 Å². The van der Waals surface area contributed by atoms with Crippen LogP contribution in [0.15, 0.2) is 0 Å². The van der Waals surface area contributed by atoms with Crippen molar-refractivity contribution < 1.29 is 14.3 Å². The standard InChI is InChI=1S/C6H8NO3/c8-4-5(9)7-6-2-1-3-10-6/h6H,1-3H2,(H,7,9). The van der Waals surface area contributed by atoms with E-state index in [4.69, 9.17) is 4.74 Å². The van der Waals surface area contributed by atoms with E-state index >= 15 is 0 Å². The highest BCUT2D eigenvalue weighted by molar-refractivity contribution is 6.24. The van der Waals surface area contributed by atoms with Gasteiger partial charge in [-0.2, -0.15) is 0 Å². The summed E-state index contributed by atoms with van der Waals surface area (Å²) in [5.74, 6) is -0.730. The molecule has 1 fully saturated rings. The van der Waals surface area contributed by atoms with Gasteiger partial charge in [0, 0.05) is 6.61 Å². The summed E-state index contributed by atoms with van der Waals surface area (Å²) in [5, 5.41) is 2.34. The van der Waals surface area contributed by atoms with Crippen molar-refractivity contribution in [3.63, 3.8) is 0 Å². The quantitative estimate of drug-likeness (QED) is 0.521. The predicted octanol–water partition coefficient (Wildman–Crippen LogP) is -0.651. The van der Waals surface area contributed by atoms with Crippen LogP contribution < -0.4 is 5.32 Å². The van der Waals surface area contributed by atoms with Gasteiger partial charge in [-0.15, -0.1) is 0 Å². The van der Waals surface area contributed by atoms with Gasteiger partial charge >= 0.3 is 0 Å². The molecular weight excluding hydrogens is 134 g/mol. The van der Waals surface area contributed by atoms with Gasteiger partial charge in [0.25, 0.3) is 12.2 Å². The maximum atomic E-state index is 10.4. The molecule has 1 aliphatic heterocycles. The Morgan fingerprint density at radius 3 is 3.00 bits per heavy atom. The fourth-order valence-corrected chi connectivity index (χ4v) is 0.867. The zero-order valence-electron chi connectivity index (χ0n) is 5.42. The first-order valence-corrected chi connectivity index (χ1v) is 3.13. The molecule has 4 nitrogen and oxygen atoms in total. The van der Waals surface area contributed by atoms with Crippen LogP contribution >= 0.6 is 0 Å². The van der Waals surface area contributed by atoms with Crippen LogP contribution in [0.4, 0.5) is 0 Å². The van der Waals surface area contributed by atoms with Crippen LogP contribution in [0, 0.1) is 0 Å². The Balaban J connectivity index is 2.23.